The van der Waals surface area contributed by atoms with Crippen molar-refractivity contribution < 1.29 is 9.21 Å². The van der Waals surface area contributed by atoms with Gasteiger partial charge in [-0.25, -0.2) is 4.98 Å². The average Bonchev–Trinajstić information content (AvgIpc) is 3.24. The number of para-hydroxylation sites is 1. The van der Waals surface area contributed by atoms with E-state index in [4.69, 9.17) is 4.42 Å². The molecule has 5 heteroatoms. The number of fused-ring (bicyclic) bond motifs is 1. The largest absolute Gasteiger partial charge is 0.448 e. The molecule has 5 nitrogen and oxygen atoms in total. The Bertz CT molecular complexity index is 882. The molecule has 0 spiro atoms. The number of benzene rings is 1. The van der Waals surface area contributed by atoms with E-state index in [1.165, 1.54) is 17.3 Å². The van der Waals surface area contributed by atoms with Crippen molar-refractivity contribution in [1.29, 1.82) is 0 Å². The first-order chi connectivity index (χ1) is 11.7. The van der Waals surface area contributed by atoms with Crippen LogP contribution in [0, 0.1) is 12.8 Å². The van der Waals surface area contributed by atoms with Crippen LogP contribution in [-0.4, -0.2) is 33.9 Å². The molecular formula is C19H19N3O2. The van der Waals surface area contributed by atoms with Gasteiger partial charge in [0.1, 0.15) is 5.76 Å². The maximum Gasteiger partial charge on any atom is 0.276 e. The minimum atomic E-state index is -0.0247. The number of aromatic nitrogens is 2. The van der Waals surface area contributed by atoms with E-state index in [0.717, 1.165) is 31.4 Å². The molecule has 1 aliphatic rings. The number of oxazole rings is 1. The molecule has 122 valence electrons. The van der Waals surface area contributed by atoms with E-state index in [-0.39, 0.29) is 5.91 Å². The van der Waals surface area contributed by atoms with Gasteiger partial charge in [-0.2, -0.15) is 0 Å². The average molecular weight is 321 g/mol. The Hall–Kier alpha value is -2.69. The maximum absolute atomic E-state index is 12.5. The molecule has 2 aromatic heterocycles. The third-order valence-electron chi connectivity index (χ3n) is 4.77. The van der Waals surface area contributed by atoms with E-state index >= 15 is 0 Å². The highest BCUT2D eigenvalue weighted by Gasteiger charge is 2.29. The smallest absolute Gasteiger partial charge is 0.276 e. The third-order valence-corrected chi connectivity index (χ3v) is 4.77. The number of carbonyl (C=O) groups is 1. The quantitative estimate of drug-likeness (QED) is 0.743. The van der Waals surface area contributed by atoms with Gasteiger partial charge in [0, 0.05) is 24.7 Å². The molecule has 4 rings (SSSR count). The van der Waals surface area contributed by atoms with Crippen LogP contribution in [-0.2, 0) is 6.42 Å². The zero-order chi connectivity index (χ0) is 16.5. The number of carbonyl (C=O) groups excluding carboxylic acids is 1. The van der Waals surface area contributed by atoms with Crippen molar-refractivity contribution in [1.82, 2.24) is 14.9 Å². The van der Waals surface area contributed by atoms with Crippen molar-refractivity contribution in [3.63, 3.8) is 0 Å². The molecule has 1 atom stereocenters. The van der Waals surface area contributed by atoms with Gasteiger partial charge in [-0.3, -0.25) is 9.78 Å². The summed E-state index contributed by atoms with van der Waals surface area (Å²) in [5.41, 5.74) is 2.77. The Morgan fingerprint density at radius 2 is 2.17 bits per heavy atom. The highest BCUT2D eigenvalue weighted by Crippen LogP contribution is 2.26. The summed E-state index contributed by atoms with van der Waals surface area (Å²) in [5, 5.41) is 1.21. The van der Waals surface area contributed by atoms with Crippen molar-refractivity contribution in [2.24, 2.45) is 5.92 Å². The monoisotopic (exact) mass is 321 g/mol. The molecule has 1 aliphatic heterocycles. The SMILES string of the molecule is Cc1ocnc1C(=O)N1CC[C@@H](Cc2ccnc3ccccc23)C1. The van der Waals surface area contributed by atoms with Crippen molar-refractivity contribution in [3.8, 4) is 0 Å². The van der Waals surface area contributed by atoms with Crippen LogP contribution in [0.15, 0.2) is 47.3 Å². The van der Waals surface area contributed by atoms with E-state index < -0.39 is 0 Å². The van der Waals surface area contributed by atoms with E-state index in [9.17, 15) is 4.79 Å². The van der Waals surface area contributed by atoms with Crippen LogP contribution in [0.4, 0.5) is 0 Å². The molecule has 3 heterocycles. The molecule has 0 unspecified atom stereocenters. The molecule has 1 amide bonds. The molecule has 0 aliphatic carbocycles. The number of aryl methyl sites for hydroxylation is 1. The van der Waals surface area contributed by atoms with Gasteiger partial charge in [-0.05, 0) is 43.4 Å². The number of pyridine rings is 1. The number of likely N-dealkylation sites (tertiary alicyclic amines) is 1. The maximum atomic E-state index is 12.5. The lowest BCUT2D eigenvalue weighted by Crippen LogP contribution is -2.29. The second kappa shape index (κ2) is 6.07. The molecular weight excluding hydrogens is 302 g/mol. The van der Waals surface area contributed by atoms with Crippen LogP contribution in [0.3, 0.4) is 0 Å². The fourth-order valence-electron chi connectivity index (χ4n) is 3.49. The van der Waals surface area contributed by atoms with Crippen molar-refractivity contribution in [2.75, 3.05) is 13.1 Å². The summed E-state index contributed by atoms with van der Waals surface area (Å²) in [6, 6.07) is 10.3. The molecule has 24 heavy (non-hydrogen) atoms. The number of amides is 1. The summed E-state index contributed by atoms with van der Waals surface area (Å²) in [5.74, 6) is 1.03. The van der Waals surface area contributed by atoms with Gasteiger partial charge >= 0.3 is 0 Å². The second-order valence-electron chi connectivity index (χ2n) is 6.35. The standard InChI is InChI=1S/C19H19N3O2/c1-13-18(21-12-24-13)19(23)22-9-7-14(11-22)10-15-6-8-20-17-5-3-2-4-16(15)17/h2-6,8,12,14H,7,9-11H2,1H3/t14-/m0/s1. The third kappa shape index (κ3) is 2.66. The first-order valence-electron chi connectivity index (χ1n) is 8.24. The normalized spacial score (nSPS) is 17.5. The van der Waals surface area contributed by atoms with Crippen LogP contribution in [0.25, 0.3) is 10.9 Å². The predicted molar refractivity (Wildman–Crippen MR) is 90.7 cm³/mol. The van der Waals surface area contributed by atoms with E-state index in [2.05, 4.69) is 22.1 Å². The molecule has 1 saturated heterocycles. The highest BCUT2D eigenvalue weighted by atomic mass is 16.3. The molecule has 0 saturated carbocycles. The summed E-state index contributed by atoms with van der Waals surface area (Å²) < 4.78 is 5.15. The van der Waals surface area contributed by atoms with Crippen molar-refractivity contribution in [2.45, 2.75) is 19.8 Å². The minimum absolute atomic E-state index is 0.0247. The topological polar surface area (TPSA) is 59.2 Å². The summed E-state index contributed by atoms with van der Waals surface area (Å²) in [7, 11) is 0. The lowest BCUT2D eigenvalue weighted by atomic mass is 9.96. The molecule has 0 radical (unpaired) electrons. The fraction of sp³-hybridized carbons (Fsp3) is 0.316. The lowest BCUT2D eigenvalue weighted by molar-refractivity contribution is 0.0780. The number of hydrogen-bond donors (Lipinski definition) is 0. The van der Waals surface area contributed by atoms with Crippen LogP contribution < -0.4 is 0 Å². The van der Waals surface area contributed by atoms with Gasteiger partial charge in [0.15, 0.2) is 12.1 Å². The van der Waals surface area contributed by atoms with Crippen LogP contribution in [0.2, 0.25) is 0 Å². The first-order valence-corrected chi connectivity index (χ1v) is 8.24. The first kappa shape index (κ1) is 14.9. The molecule has 1 aromatic carbocycles. The number of rotatable bonds is 3. The van der Waals surface area contributed by atoms with Gasteiger partial charge in [0.05, 0.1) is 5.52 Å². The summed E-state index contributed by atoms with van der Waals surface area (Å²) in [4.78, 5) is 22.9. The minimum Gasteiger partial charge on any atom is -0.448 e. The summed E-state index contributed by atoms with van der Waals surface area (Å²) in [6.07, 6.45) is 5.18. The van der Waals surface area contributed by atoms with Gasteiger partial charge in [0.25, 0.3) is 5.91 Å². The van der Waals surface area contributed by atoms with Crippen molar-refractivity contribution in [3.05, 3.63) is 59.9 Å². The summed E-state index contributed by atoms with van der Waals surface area (Å²) >= 11 is 0. The van der Waals surface area contributed by atoms with Crippen molar-refractivity contribution >= 4 is 16.8 Å². The molecule has 3 aromatic rings. The fourth-order valence-corrected chi connectivity index (χ4v) is 3.49. The molecule has 0 N–H and O–H groups in total. The molecule has 1 fully saturated rings. The zero-order valence-corrected chi connectivity index (χ0v) is 13.6. The van der Waals surface area contributed by atoms with Crippen LogP contribution in [0.5, 0.6) is 0 Å². The Labute approximate surface area is 140 Å². The second-order valence-corrected chi connectivity index (χ2v) is 6.35. The van der Waals surface area contributed by atoms with E-state index in [1.807, 2.05) is 29.3 Å². The number of nitrogens with zero attached hydrogens (tertiary/aromatic N) is 3. The summed E-state index contributed by atoms with van der Waals surface area (Å²) in [6.45, 7) is 3.32. The van der Waals surface area contributed by atoms with Gasteiger partial charge < -0.3 is 9.32 Å². The van der Waals surface area contributed by atoms with Crippen LogP contribution in [0.1, 0.15) is 28.2 Å². The predicted octanol–water partition coefficient (Wildman–Crippen LogP) is 3.24. The van der Waals surface area contributed by atoms with E-state index in [0.29, 0.717) is 17.4 Å². The van der Waals surface area contributed by atoms with Gasteiger partial charge in [-0.15, -0.1) is 0 Å². The van der Waals surface area contributed by atoms with E-state index in [1.54, 1.807) is 6.92 Å². The lowest BCUT2D eigenvalue weighted by Gasteiger charge is -2.16. The van der Waals surface area contributed by atoms with Gasteiger partial charge in [0.2, 0.25) is 0 Å². The Morgan fingerprint density at radius 1 is 1.29 bits per heavy atom. The van der Waals surface area contributed by atoms with Crippen LogP contribution >= 0.6 is 0 Å². The zero-order valence-electron chi connectivity index (χ0n) is 13.6. The molecule has 0 bridgehead atoms. The Balaban J connectivity index is 1.49. The number of hydrogen-bond acceptors (Lipinski definition) is 4. The highest BCUT2D eigenvalue weighted by molar-refractivity contribution is 5.93. The van der Waals surface area contributed by atoms with Gasteiger partial charge in [-0.1, -0.05) is 18.2 Å². The Morgan fingerprint density at radius 3 is 3.00 bits per heavy atom. The Kier molecular flexibility index (Phi) is 3.76.